The molecule has 0 unspecified atom stereocenters. The largest absolute Gasteiger partial charge is 0.497 e. The Hall–Kier alpha value is -2.56. The molecule has 5 heteroatoms. The van der Waals surface area contributed by atoms with Gasteiger partial charge in [0.15, 0.2) is 5.78 Å². The molecule has 2 aromatic rings. The Labute approximate surface area is 116 Å². The van der Waals surface area contributed by atoms with Gasteiger partial charge >= 0.3 is 0 Å². The van der Waals surface area contributed by atoms with Gasteiger partial charge in [-0.3, -0.25) is 9.48 Å². The standard InChI is InChI=1S/C15H14N2O3/c1-19-12-6-4-11(5-7-12)9-17-10-13-14(18)3-2-8-20-15(13)16-17/h2-7,10H,8-9H2,1H3. The van der Waals surface area contributed by atoms with Crippen LogP contribution >= 0.6 is 0 Å². The lowest BCUT2D eigenvalue weighted by Gasteiger charge is -2.03. The van der Waals surface area contributed by atoms with E-state index in [9.17, 15) is 4.79 Å². The quantitative estimate of drug-likeness (QED) is 0.856. The number of carbonyl (C=O) groups is 1. The Bertz CT molecular complexity index is 656. The monoisotopic (exact) mass is 270 g/mol. The summed E-state index contributed by atoms with van der Waals surface area (Å²) >= 11 is 0. The average Bonchev–Trinajstić information content (AvgIpc) is 2.79. The topological polar surface area (TPSA) is 53.4 Å². The lowest BCUT2D eigenvalue weighted by molar-refractivity contribution is 0.104. The second kappa shape index (κ2) is 5.21. The maximum Gasteiger partial charge on any atom is 0.244 e. The van der Waals surface area contributed by atoms with Crippen molar-refractivity contribution in [3.63, 3.8) is 0 Å². The van der Waals surface area contributed by atoms with Crippen LogP contribution in [0.15, 0.2) is 42.6 Å². The second-order valence-corrected chi connectivity index (χ2v) is 4.47. The summed E-state index contributed by atoms with van der Waals surface area (Å²) in [6.45, 7) is 0.954. The third-order valence-electron chi connectivity index (χ3n) is 3.08. The molecule has 5 nitrogen and oxygen atoms in total. The molecule has 0 saturated carbocycles. The van der Waals surface area contributed by atoms with Crippen LogP contribution in [0.5, 0.6) is 11.6 Å². The van der Waals surface area contributed by atoms with Crippen LogP contribution in [-0.4, -0.2) is 29.3 Å². The third kappa shape index (κ3) is 2.42. The minimum Gasteiger partial charge on any atom is -0.497 e. The van der Waals surface area contributed by atoms with Gasteiger partial charge in [0.2, 0.25) is 5.88 Å². The van der Waals surface area contributed by atoms with Crippen molar-refractivity contribution in [3.05, 3.63) is 53.7 Å². The number of methoxy groups -OCH3 is 1. The van der Waals surface area contributed by atoms with Gasteiger partial charge in [0.1, 0.15) is 17.9 Å². The van der Waals surface area contributed by atoms with Crippen LogP contribution in [0.1, 0.15) is 15.9 Å². The second-order valence-electron chi connectivity index (χ2n) is 4.47. The Morgan fingerprint density at radius 1 is 1.35 bits per heavy atom. The summed E-state index contributed by atoms with van der Waals surface area (Å²) in [6, 6.07) is 7.73. The smallest absolute Gasteiger partial charge is 0.244 e. The predicted molar refractivity (Wildman–Crippen MR) is 73.3 cm³/mol. The molecule has 102 valence electrons. The highest BCUT2D eigenvalue weighted by atomic mass is 16.5. The van der Waals surface area contributed by atoms with Crippen LogP contribution in [0.3, 0.4) is 0 Å². The number of ketones is 1. The highest BCUT2D eigenvalue weighted by Crippen LogP contribution is 2.20. The van der Waals surface area contributed by atoms with E-state index >= 15 is 0 Å². The summed E-state index contributed by atoms with van der Waals surface area (Å²) in [6.07, 6.45) is 4.93. The van der Waals surface area contributed by atoms with Crippen molar-refractivity contribution >= 4 is 5.78 Å². The number of nitrogens with zero attached hydrogens (tertiary/aromatic N) is 2. The number of allylic oxidation sites excluding steroid dienone is 1. The Morgan fingerprint density at radius 3 is 2.90 bits per heavy atom. The van der Waals surface area contributed by atoms with Crippen molar-refractivity contribution in [1.29, 1.82) is 0 Å². The van der Waals surface area contributed by atoms with Gasteiger partial charge in [-0.2, -0.15) is 0 Å². The van der Waals surface area contributed by atoms with E-state index in [0.717, 1.165) is 11.3 Å². The molecule has 1 aliphatic heterocycles. The highest BCUT2D eigenvalue weighted by molar-refractivity contribution is 6.06. The number of benzene rings is 1. The molecule has 0 N–H and O–H groups in total. The molecular weight excluding hydrogens is 256 g/mol. The van der Waals surface area contributed by atoms with Gasteiger partial charge < -0.3 is 9.47 Å². The summed E-state index contributed by atoms with van der Waals surface area (Å²) in [5.74, 6) is 1.14. The van der Waals surface area contributed by atoms with E-state index in [0.29, 0.717) is 24.6 Å². The molecule has 3 rings (SSSR count). The molecule has 0 saturated heterocycles. The van der Waals surface area contributed by atoms with Gasteiger partial charge in [0.05, 0.1) is 13.7 Å². The molecule has 0 spiro atoms. The summed E-state index contributed by atoms with van der Waals surface area (Å²) in [5, 5.41) is 4.30. The average molecular weight is 270 g/mol. The number of hydrogen-bond acceptors (Lipinski definition) is 4. The van der Waals surface area contributed by atoms with Crippen molar-refractivity contribution in [3.8, 4) is 11.6 Å². The Kier molecular flexibility index (Phi) is 3.25. The van der Waals surface area contributed by atoms with Crippen molar-refractivity contribution in [2.75, 3.05) is 13.7 Å². The van der Waals surface area contributed by atoms with Gasteiger partial charge in [0, 0.05) is 6.20 Å². The van der Waals surface area contributed by atoms with E-state index in [1.807, 2.05) is 24.3 Å². The van der Waals surface area contributed by atoms with Gasteiger partial charge in [-0.05, 0) is 29.8 Å². The maximum atomic E-state index is 11.8. The van der Waals surface area contributed by atoms with Crippen molar-refractivity contribution < 1.29 is 14.3 Å². The molecule has 20 heavy (non-hydrogen) atoms. The van der Waals surface area contributed by atoms with Gasteiger partial charge in [-0.1, -0.05) is 12.1 Å². The van der Waals surface area contributed by atoms with Crippen LogP contribution in [0.4, 0.5) is 0 Å². The van der Waals surface area contributed by atoms with E-state index in [-0.39, 0.29) is 5.78 Å². The first-order valence-electron chi connectivity index (χ1n) is 6.30. The molecular formula is C15H14N2O3. The van der Waals surface area contributed by atoms with Crippen LogP contribution < -0.4 is 9.47 Å². The van der Waals surface area contributed by atoms with Gasteiger partial charge in [-0.25, -0.2) is 0 Å². The van der Waals surface area contributed by atoms with E-state index < -0.39 is 0 Å². The number of carbonyl (C=O) groups excluding carboxylic acids is 1. The van der Waals surface area contributed by atoms with E-state index in [2.05, 4.69) is 5.10 Å². The number of fused-ring (bicyclic) bond motifs is 1. The van der Waals surface area contributed by atoms with Crippen molar-refractivity contribution in [2.45, 2.75) is 6.54 Å². The fourth-order valence-electron chi connectivity index (χ4n) is 2.05. The first-order chi connectivity index (χ1) is 9.76. The fourth-order valence-corrected chi connectivity index (χ4v) is 2.05. The third-order valence-corrected chi connectivity index (χ3v) is 3.08. The summed E-state index contributed by atoms with van der Waals surface area (Å²) in [4.78, 5) is 11.8. The fraction of sp³-hybridized carbons (Fsp3) is 0.200. The molecule has 1 aliphatic rings. The normalized spacial score (nSPS) is 13.6. The van der Waals surface area contributed by atoms with Gasteiger partial charge in [0.25, 0.3) is 0 Å². The molecule has 0 amide bonds. The summed E-state index contributed by atoms with van der Waals surface area (Å²) < 4.78 is 12.2. The molecule has 1 aromatic heterocycles. The first-order valence-corrected chi connectivity index (χ1v) is 6.30. The Balaban J connectivity index is 1.83. The zero-order chi connectivity index (χ0) is 13.9. The van der Waals surface area contributed by atoms with Crippen LogP contribution in [0.25, 0.3) is 0 Å². The molecule has 0 atom stereocenters. The zero-order valence-corrected chi connectivity index (χ0v) is 11.1. The lowest BCUT2D eigenvalue weighted by Crippen LogP contribution is -2.01. The van der Waals surface area contributed by atoms with Crippen LogP contribution in [-0.2, 0) is 6.54 Å². The minimum absolute atomic E-state index is 0.0709. The predicted octanol–water partition coefficient (Wildman–Crippen LogP) is 2.07. The summed E-state index contributed by atoms with van der Waals surface area (Å²) in [5.41, 5.74) is 1.58. The molecule has 0 fully saturated rings. The molecule has 2 heterocycles. The molecule has 0 aliphatic carbocycles. The van der Waals surface area contributed by atoms with E-state index in [4.69, 9.17) is 9.47 Å². The minimum atomic E-state index is -0.0709. The number of hydrogen-bond donors (Lipinski definition) is 0. The zero-order valence-electron chi connectivity index (χ0n) is 11.1. The SMILES string of the molecule is COc1ccc(Cn2cc3c(n2)OCC=CC3=O)cc1. The van der Waals surface area contributed by atoms with Crippen molar-refractivity contribution in [1.82, 2.24) is 9.78 Å². The lowest BCUT2D eigenvalue weighted by atomic mass is 10.2. The molecule has 1 aromatic carbocycles. The Morgan fingerprint density at radius 2 is 2.15 bits per heavy atom. The summed E-state index contributed by atoms with van der Waals surface area (Å²) in [7, 11) is 1.63. The highest BCUT2D eigenvalue weighted by Gasteiger charge is 2.17. The van der Waals surface area contributed by atoms with Gasteiger partial charge in [-0.15, -0.1) is 5.10 Å². The van der Waals surface area contributed by atoms with Crippen molar-refractivity contribution in [2.24, 2.45) is 0 Å². The van der Waals surface area contributed by atoms with E-state index in [1.54, 1.807) is 24.1 Å². The number of aromatic nitrogens is 2. The number of ether oxygens (including phenoxy) is 2. The van der Waals surface area contributed by atoms with E-state index in [1.165, 1.54) is 6.08 Å². The molecule has 0 radical (unpaired) electrons. The number of rotatable bonds is 3. The molecule has 0 bridgehead atoms. The maximum absolute atomic E-state index is 11.8. The van der Waals surface area contributed by atoms with Crippen LogP contribution in [0, 0.1) is 0 Å². The van der Waals surface area contributed by atoms with Crippen LogP contribution in [0.2, 0.25) is 0 Å². The first kappa shape index (κ1) is 12.5.